The van der Waals surface area contributed by atoms with E-state index in [9.17, 15) is 25.3 Å². The SMILES string of the molecule is N#C/C(=C(\O)COC(=O)/C=C/c1ccc([N+](=O)[O-])cc1)c1nc2ccccc2[nH]1. The van der Waals surface area contributed by atoms with E-state index in [1.54, 1.807) is 24.3 Å². The number of H-pyrrole nitrogens is 1. The molecule has 1 heterocycles. The summed E-state index contributed by atoms with van der Waals surface area (Å²) in [6.45, 7) is -0.511. The third-order valence-corrected chi connectivity index (χ3v) is 3.89. The Morgan fingerprint density at radius 1 is 1.28 bits per heavy atom. The van der Waals surface area contributed by atoms with Crippen molar-refractivity contribution in [2.75, 3.05) is 6.61 Å². The highest BCUT2D eigenvalue weighted by molar-refractivity contribution is 5.87. The second-order valence-corrected chi connectivity index (χ2v) is 5.83. The molecule has 0 atom stereocenters. The fourth-order valence-corrected chi connectivity index (χ4v) is 2.46. The number of allylic oxidation sites excluding steroid dienone is 1. The smallest absolute Gasteiger partial charge is 0.331 e. The van der Waals surface area contributed by atoms with E-state index in [-0.39, 0.29) is 17.1 Å². The number of hydrogen-bond donors (Lipinski definition) is 2. The maximum Gasteiger partial charge on any atom is 0.331 e. The van der Waals surface area contributed by atoms with Gasteiger partial charge in [-0.05, 0) is 35.9 Å². The average Bonchev–Trinajstić information content (AvgIpc) is 3.15. The normalized spacial score (nSPS) is 11.8. The minimum absolute atomic E-state index is 0.0607. The van der Waals surface area contributed by atoms with Crippen molar-refractivity contribution in [3.8, 4) is 6.07 Å². The van der Waals surface area contributed by atoms with Gasteiger partial charge in [-0.1, -0.05) is 12.1 Å². The zero-order valence-electron chi connectivity index (χ0n) is 14.9. The van der Waals surface area contributed by atoms with E-state index in [1.807, 2.05) is 6.07 Å². The monoisotopic (exact) mass is 390 g/mol. The number of nitrogens with zero attached hydrogens (tertiary/aromatic N) is 3. The lowest BCUT2D eigenvalue weighted by Crippen LogP contribution is -2.06. The number of nitro groups is 1. The molecule has 2 aromatic carbocycles. The van der Waals surface area contributed by atoms with E-state index in [0.717, 1.165) is 6.08 Å². The van der Waals surface area contributed by atoms with E-state index < -0.39 is 23.3 Å². The summed E-state index contributed by atoms with van der Waals surface area (Å²) < 4.78 is 4.93. The molecule has 1 aromatic heterocycles. The third-order valence-electron chi connectivity index (χ3n) is 3.89. The standard InChI is InChI=1S/C20H14N4O5/c21-11-15(20-22-16-3-1-2-4-17(16)23-20)18(25)12-29-19(26)10-7-13-5-8-14(9-6-13)24(27)28/h1-10,25H,12H2,(H,22,23)/b10-7+,18-15+. The van der Waals surface area contributed by atoms with Gasteiger partial charge in [-0.2, -0.15) is 5.26 Å². The molecule has 29 heavy (non-hydrogen) atoms. The second-order valence-electron chi connectivity index (χ2n) is 5.83. The highest BCUT2D eigenvalue weighted by atomic mass is 16.6. The van der Waals surface area contributed by atoms with Crippen LogP contribution in [0.2, 0.25) is 0 Å². The molecule has 0 aliphatic rings. The number of benzene rings is 2. The van der Waals surface area contributed by atoms with Crippen LogP contribution in [0.3, 0.4) is 0 Å². The van der Waals surface area contributed by atoms with E-state index in [1.165, 1.54) is 30.3 Å². The van der Waals surface area contributed by atoms with Crippen LogP contribution >= 0.6 is 0 Å². The Morgan fingerprint density at radius 3 is 2.66 bits per heavy atom. The molecule has 3 aromatic rings. The highest BCUT2D eigenvalue weighted by Gasteiger charge is 2.14. The van der Waals surface area contributed by atoms with Crippen molar-refractivity contribution in [3.63, 3.8) is 0 Å². The van der Waals surface area contributed by atoms with Gasteiger partial charge in [0.25, 0.3) is 5.69 Å². The van der Waals surface area contributed by atoms with E-state index in [4.69, 9.17) is 4.74 Å². The van der Waals surface area contributed by atoms with Gasteiger partial charge in [-0.25, -0.2) is 9.78 Å². The van der Waals surface area contributed by atoms with Crippen LogP contribution in [0.25, 0.3) is 22.7 Å². The van der Waals surface area contributed by atoms with E-state index >= 15 is 0 Å². The minimum Gasteiger partial charge on any atom is -0.507 e. The van der Waals surface area contributed by atoms with Crippen molar-refractivity contribution >= 4 is 34.3 Å². The number of nitrogens with one attached hydrogen (secondary N) is 1. The quantitative estimate of drug-likeness (QED) is 0.164. The topological polar surface area (TPSA) is 142 Å². The van der Waals surface area contributed by atoms with Crippen LogP contribution in [0.15, 0.2) is 60.4 Å². The number of aromatic nitrogens is 2. The van der Waals surface area contributed by atoms with Crippen LogP contribution in [0.4, 0.5) is 5.69 Å². The number of fused-ring (bicyclic) bond motifs is 1. The molecule has 0 radical (unpaired) electrons. The van der Waals surface area contributed by atoms with Gasteiger partial charge in [0.2, 0.25) is 0 Å². The summed E-state index contributed by atoms with van der Waals surface area (Å²) in [5, 5.41) is 30.1. The number of nitriles is 1. The van der Waals surface area contributed by atoms with Crippen molar-refractivity contribution in [1.29, 1.82) is 5.26 Å². The maximum atomic E-state index is 11.8. The zero-order valence-corrected chi connectivity index (χ0v) is 14.9. The molecule has 0 unspecified atom stereocenters. The van der Waals surface area contributed by atoms with Gasteiger partial charge in [-0.3, -0.25) is 10.1 Å². The van der Waals surface area contributed by atoms with E-state index in [2.05, 4.69) is 9.97 Å². The molecule has 2 N–H and O–H groups in total. The van der Waals surface area contributed by atoms with Crippen LogP contribution in [-0.2, 0) is 9.53 Å². The first-order chi connectivity index (χ1) is 14.0. The van der Waals surface area contributed by atoms with Crippen LogP contribution in [0.5, 0.6) is 0 Å². The number of aromatic amines is 1. The fourth-order valence-electron chi connectivity index (χ4n) is 2.46. The molecule has 9 nitrogen and oxygen atoms in total. The van der Waals surface area contributed by atoms with Crippen LogP contribution < -0.4 is 0 Å². The molecule has 0 amide bonds. The lowest BCUT2D eigenvalue weighted by molar-refractivity contribution is -0.384. The number of ether oxygens (including phenoxy) is 1. The average molecular weight is 390 g/mol. The number of aliphatic hydroxyl groups excluding tert-OH is 1. The first-order valence-electron chi connectivity index (χ1n) is 8.34. The number of nitro benzene ring substituents is 1. The molecule has 144 valence electrons. The van der Waals surface area contributed by atoms with Gasteiger partial charge in [0, 0.05) is 18.2 Å². The Bertz CT molecular complexity index is 1140. The number of hydrogen-bond acceptors (Lipinski definition) is 7. The summed E-state index contributed by atoms with van der Waals surface area (Å²) in [5.41, 5.74) is 1.70. The fraction of sp³-hybridized carbons (Fsp3) is 0.0500. The summed E-state index contributed by atoms with van der Waals surface area (Å²) in [6, 6.07) is 14.6. The number of carbonyl (C=O) groups is 1. The number of non-ortho nitro benzene ring substituents is 1. The van der Waals surface area contributed by atoms with Gasteiger partial charge in [0.05, 0.1) is 16.0 Å². The minimum atomic E-state index is -0.753. The summed E-state index contributed by atoms with van der Waals surface area (Å²) >= 11 is 0. The second kappa shape index (κ2) is 8.49. The first kappa shape index (κ1) is 19.3. The van der Waals surface area contributed by atoms with Crippen LogP contribution in [0, 0.1) is 21.4 Å². The number of rotatable bonds is 6. The first-order valence-corrected chi connectivity index (χ1v) is 8.34. The summed E-state index contributed by atoms with van der Waals surface area (Å²) in [7, 11) is 0. The molecule has 0 spiro atoms. The number of aliphatic hydroxyl groups is 1. The molecular weight excluding hydrogens is 376 g/mol. The number of carbonyl (C=O) groups excluding carboxylic acids is 1. The van der Waals surface area contributed by atoms with Gasteiger partial charge in [-0.15, -0.1) is 0 Å². The van der Waals surface area contributed by atoms with Gasteiger partial charge >= 0.3 is 5.97 Å². The van der Waals surface area contributed by atoms with E-state index in [0.29, 0.717) is 16.6 Å². The summed E-state index contributed by atoms with van der Waals surface area (Å²) in [4.78, 5) is 29.1. The van der Waals surface area contributed by atoms with Crippen molar-refractivity contribution < 1.29 is 19.6 Å². The molecule has 0 aliphatic carbocycles. The molecule has 0 saturated carbocycles. The van der Waals surface area contributed by atoms with Crippen LogP contribution in [0.1, 0.15) is 11.4 Å². The zero-order chi connectivity index (χ0) is 20.8. The Morgan fingerprint density at radius 2 is 2.00 bits per heavy atom. The Hall–Kier alpha value is -4.45. The maximum absolute atomic E-state index is 11.8. The van der Waals surface area contributed by atoms with Crippen molar-refractivity contribution in [2.45, 2.75) is 0 Å². The molecular formula is C20H14N4O5. The van der Waals surface area contributed by atoms with Crippen molar-refractivity contribution in [3.05, 3.63) is 81.9 Å². The number of para-hydroxylation sites is 2. The third kappa shape index (κ3) is 4.64. The molecule has 0 fully saturated rings. The van der Waals surface area contributed by atoms with Crippen LogP contribution in [-0.4, -0.2) is 32.6 Å². The molecule has 0 bridgehead atoms. The van der Waals surface area contributed by atoms with Crippen molar-refractivity contribution in [2.24, 2.45) is 0 Å². The Labute approximate surface area is 164 Å². The number of imidazole rings is 1. The number of esters is 1. The van der Waals surface area contributed by atoms with Gasteiger partial charge < -0.3 is 14.8 Å². The summed E-state index contributed by atoms with van der Waals surface area (Å²) in [6.07, 6.45) is 2.53. The summed E-state index contributed by atoms with van der Waals surface area (Å²) in [5.74, 6) is -1.02. The highest BCUT2D eigenvalue weighted by Crippen LogP contribution is 2.19. The molecule has 3 rings (SSSR count). The largest absolute Gasteiger partial charge is 0.507 e. The Balaban J connectivity index is 1.66. The molecule has 0 saturated heterocycles. The predicted molar refractivity (Wildman–Crippen MR) is 104 cm³/mol. The van der Waals surface area contributed by atoms with Gasteiger partial charge in [0.15, 0.2) is 11.6 Å². The lowest BCUT2D eigenvalue weighted by atomic mass is 10.2. The lowest BCUT2D eigenvalue weighted by Gasteiger charge is -2.03. The van der Waals surface area contributed by atoms with Gasteiger partial charge in [0.1, 0.15) is 18.2 Å². The predicted octanol–water partition coefficient (Wildman–Crippen LogP) is 3.52. The molecule has 0 aliphatic heterocycles. The Kier molecular flexibility index (Phi) is 5.66. The molecule has 9 heteroatoms. The van der Waals surface area contributed by atoms with Crippen molar-refractivity contribution in [1.82, 2.24) is 9.97 Å².